The molecule has 0 fully saturated rings. The Morgan fingerprint density at radius 1 is 0.268 bits per heavy atom. The van der Waals surface area contributed by atoms with Crippen molar-refractivity contribution in [2.45, 2.75) is 0 Å². The smallest absolute Gasteiger partial charge is 0.0971 e. The average Bonchev–Trinajstić information content (AvgIpc) is 3.78. The first kappa shape index (κ1) is 32.0. The number of nitrogens with zero attached hydrogens (tertiary/aromatic N) is 3. The zero-order valence-corrected chi connectivity index (χ0v) is 30.5. The molecule has 0 saturated carbocycles. The van der Waals surface area contributed by atoms with E-state index in [0.29, 0.717) is 0 Å². The van der Waals surface area contributed by atoms with Crippen molar-refractivity contribution in [3.8, 4) is 56.0 Å². The van der Waals surface area contributed by atoms with Gasteiger partial charge in [0.2, 0.25) is 0 Å². The van der Waals surface area contributed by atoms with Crippen LogP contribution in [0.15, 0.2) is 212 Å². The lowest BCUT2D eigenvalue weighted by Crippen LogP contribution is -1.96. The summed E-state index contributed by atoms with van der Waals surface area (Å²) in [5.41, 5.74) is 16.9. The van der Waals surface area contributed by atoms with Gasteiger partial charge in [-0.2, -0.15) is 0 Å². The van der Waals surface area contributed by atoms with Gasteiger partial charge in [-0.3, -0.25) is 0 Å². The molecule has 0 aliphatic carbocycles. The van der Waals surface area contributed by atoms with Gasteiger partial charge in [-0.05, 0) is 88.0 Å². The number of fused-ring (bicyclic) bond motifs is 6. The van der Waals surface area contributed by atoms with Crippen LogP contribution in [0.2, 0.25) is 0 Å². The molecule has 3 aromatic heterocycles. The second kappa shape index (κ2) is 13.1. The van der Waals surface area contributed by atoms with Crippen LogP contribution < -0.4 is 0 Å². The normalized spacial score (nSPS) is 11.6. The van der Waals surface area contributed by atoms with Crippen LogP contribution in [-0.2, 0) is 0 Å². The molecule has 0 atom stereocenters. The number of hydrogen-bond donors (Lipinski definition) is 0. The first-order valence-electron chi connectivity index (χ1n) is 19.1. The Kier molecular flexibility index (Phi) is 7.49. The highest BCUT2D eigenvalue weighted by Crippen LogP contribution is 2.40. The van der Waals surface area contributed by atoms with E-state index in [2.05, 4.69) is 221 Å². The predicted octanol–water partition coefficient (Wildman–Crippen LogP) is 13.9. The number of aromatic nitrogens is 3. The molecule has 0 aliphatic heterocycles. The van der Waals surface area contributed by atoms with Gasteiger partial charge in [0.1, 0.15) is 0 Å². The first-order chi connectivity index (χ1) is 27.8. The van der Waals surface area contributed by atoms with Gasteiger partial charge in [0.25, 0.3) is 0 Å². The van der Waals surface area contributed by atoms with E-state index in [9.17, 15) is 0 Å². The van der Waals surface area contributed by atoms with Crippen molar-refractivity contribution in [3.63, 3.8) is 0 Å². The third-order valence-corrected chi connectivity index (χ3v) is 11.1. The Morgan fingerprint density at radius 3 is 1.25 bits per heavy atom. The molecular formula is C53H35N3. The van der Waals surface area contributed by atoms with E-state index < -0.39 is 0 Å². The highest BCUT2D eigenvalue weighted by Gasteiger charge is 2.19. The molecule has 3 heteroatoms. The fraction of sp³-hybridized carbons (Fsp3) is 0. The van der Waals surface area contributed by atoms with Crippen LogP contribution >= 0.6 is 0 Å². The van der Waals surface area contributed by atoms with E-state index in [0.717, 1.165) is 44.6 Å². The maximum Gasteiger partial charge on any atom is 0.0971 e. The summed E-state index contributed by atoms with van der Waals surface area (Å²) in [4.78, 5) is 5.41. The molecule has 262 valence electrons. The summed E-state index contributed by atoms with van der Waals surface area (Å²) in [7, 11) is 0. The van der Waals surface area contributed by atoms with E-state index in [4.69, 9.17) is 4.98 Å². The minimum Gasteiger partial charge on any atom is -0.309 e. The maximum atomic E-state index is 5.41. The average molecular weight is 714 g/mol. The maximum absolute atomic E-state index is 5.41. The number of rotatable bonds is 6. The van der Waals surface area contributed by atoms with Crippen molar-refractivity contribution < 1.29 is 0 Å². The van der Waals surface area contributed by atoms with E-state index in [1.54, 1.807) is 0 Å². The molecule has 3 heterocycles. The summed E-state index contributed by atoms with van der Waals surface area (Å²) in [6.07, 6.45) is 0. The molecule has 0 radical (unpaired) electrons. The zero-order chi connectivity index (χ0) is 37.0. The summed E-state index contributed by atoms with van der Waals surface area (Å²) < 4.78 is 4.81. The molecule has 0 bridgehead atoms. The Bertz CT molecular complexity index is 3100. The molecule has 11 aromatic rings. The lowest BCUT2D eigenvalue weighted by atomic mass is 10.0. The Balaban J connectivity index is 1.17. The van der Waals surface area contributed by atoms with Gasteiger partial charge in [0.15, 0.2) is 0 Å². The molecule has 3 nitrogen and oxygen atoms in total. The van der Waals surface area contributed by atoms with E-state index >= 15 is 0 Å². The molecule has 11 rings (SSSR count). The predicted molar refractivity (Wildman–Crippen MR) is 235 cm³/mol. The van der Waals surface area contributed by atoms with Crippen LogP contribution in [0.5, 0.6) is 0 Å². The van der Waals surface area contributed by atoms with Crippen molar-refractivity contribution in [2.24, 2.45) is 0 Å². The van der Waals surface area contributed by atoms with Crippen LogP contribution in [0.4, 0.5) is 0 Å². The Labute approximate surface area is 325 Å². The van der Waals surface area contributed by atoms with Crippen LogP contribution in [0, 0.1) is 0 Å². The zero-order valence-electron chi connectivity index (χ0n) is 30.5. The van der Waals surface area contributed by atoms with Gasteiger partial charge in [-0.25, -0.2) is 4.98 Å². The van der Waals surface area contributed by atoms with Crippen LogP contribution in [0.3, 0.4) is 0 Å². The monoisotopic (exact) mass is 713 g/mol. The fourth-order valence-corrected chi connectivity index (χ4v) is 8.41. The van der Waals surface area contributed by atoms with Crippen LogP contribution in [0.1, 0.15) is 0 Å². The van der Waals surface area contributed by atoms with Crippen molar-refractivity contribution in [1.29, 1.82) is 0 Å². The number of pyridine rings is 1. The molecule has 0 spiro atoms. The van der Waals surface area contributed by atoms with Crippen molar-refractivity contribution in [2.75, 3.05) is 0 Å². The summed E-state index contributed by atoms with van der Waals surface area (Å²) >= 11 is 0. The lowest BCUT2D eigenvalue weighted by molar-refractivity contribution is 1.16. The van der Waals surface area contributed by atoms with Gasteiger partial charge in [0, 0.05) is 33.1 Å². The van der Waals surface area contributed by atoms with Crippen LogP contribution in [0.25, 0.3) is 99.8 Å². The Hall–Kier alpha value is -7.49. The minimum absolute atomic E-state index is 0.957. The van der Waals surface area contributed by atoms with E-state index in [-0.39, 0.29) is 0 Å². The second-order valence-electron chi connectivity index (χ2n) is 14.4. The topological polar surface area (TPSA) is 22.8 Å². The molecule has 0 unspecified atom stereocenters. The summed E-state index contributed by atoms with van der Waals surface area (Å²) in [5, 5.41) is 3.56. The highest BCUT2D eigenvalue weighted by atomic mass is 15.0. The second-order valence-corrected chi connectivity index (χ2v) is 14.4. The highest BCUT2D eigenvalue weighted by molar-refractivity contribution is 6.13. The quantitative estimate of drug-likeness (QED) is 0.168. The molecule has 0 N–H and O–H groups in total. The summed E-state index contributed by atoms with van der Waals surface area (Å²) in [6.45, 7) is 0. The molecule has 0 aliphatic rings. The van der Waals surface area contributed by atoms with Gasteiger partial charge in [-0.15, -0.1) is 0 Å². The van der Waals surface area contributed by atoms with Gasteiger partial charge in [0.05, 0.1) is 33.3 Å². The molecule has 0 amide bonds. The first-order valence-corrected chi connectivity index (χ1v) is 19.1. The number of hydrogen-bond acceptors (Lipinski definition) is 1. The van der Waals surface area contributed by atoms with E-state index in [1.807, 2.05) is 0 Å². The third-order valence-electron chi connectivity index (χ3n) is 11.1. The van der Waals surface area contributed by atoms with Gasteiger partial charge in [-0.1, -0.05) is 158 Å². The fourth-order valence-electron chi connectivity index (χ4n) is 8.41. The van der Waals surface area contributed by atoms with Crippen molar-refractivity contribution >= 4 is 43.7 Å². The third kappa shape index (κ3) is 5.32. The van der Waals surface area contributed by atoms with E-state index in [1.165, 1.54) is 55.2 Å². The van der Waals surface area contributed by atoms with Gasteiger partial charge >= 0.3 is 0 Å². The van der Waals surface area contributed by atoms with Gasteiger partial charge < -0.3 is 9.13 Å². The SMILES string of the molecule is c1ccc(-c2ccc(-n3c4ccc(-n5c6cc(-c7ccccc7)ccc6c6ccc(-c7ccccc7)cc65)cc4c4nc(-c5ccccc5)ccc43)cc2)cc1. The van der Waals surface area contributed by atoms with Crippen LogP contribution in [-0.4, -0.2) is 14.1 Å². The molecule has 0 saturated heterocycles. The largest absolute Gasteiger partial charge is 0.309 e. The summed E-state index contributed by atoms with van der Waals surface area (Å²) in [6, 6.07) is 76.3. The summed E-state index contributed by atoms with van der Waals surface area (Å²) in [5.74, 6) is 0. The van der Waals surface area contributed by atoms with Crippen molar-refractivity contribution in [1.82, 2.24) is 14.1 Å². The molecule has 8 aromatic carbocycles. The molecule has 56 heavy (non-hydrogen) atoms. The standard InChI is InChI=1S/C53H35N3/c1-5-13-36(14-6-1)39-21-25-43(26-22-39)55-49-31-27-44(35-47(49)53-50(55)32-30-48(54-53)40-19-11-4-12-20-40)56-51-33-41(37-15-7-2-8-16-37)23-28-45(51)46-29-24-42(34-52(46)56)38-17-9-3-10-18-38/h1-35H. The molecular weight excluding hydrogens is 679 g/mol. The number of benzene rings is 8. The van der Waals surface area contributed by atoms with Crippen molar-refractivity contribution in [3.05, 3.63) is 212 Å². The lowest BCUT2D eigenvalue weighted by Gasteiger charge is -2.12. The minimum atomic E-state index is 0.957. The Morgan fingerprint density at radius 2 is 0.696 bits per heavy atom.